The smallest absolute Gasteiger partial charge is 0.313 e. The molecule has 1 aromatic rings. The molecule has 1 aliphatic rings. The van der Waals surface area contributed by atoms with E-state index in [9.17, 15) is 14.7 Å². The van der Waals surface area contributed by atoms with Gasteiger partial charge in [0.15, 0.2) is 0 Å². The molecule has 5 nitrogen and oxygen atoms in total. The lowest BCUT2D eigenvalue weighted by molar-refractivity contribution is -0.136. The summed E-state index contributed by atoms with van der Waals surface area (Å²) in [6, 6.07) is 5.63. The molecule has 1 saturated carbocycles. The molecule has 0 heterocycles. The lowest BCUT2D eigenvalue weighted by Gasteiger charge is -2.15. The van der Waals surface area contributed by atoms with Crippen molar-refractivity contribution in [3.63, 3.8) is 0 Å². The summed E-state index contributed by atoms with van der Waals surface area (Å²) in [4.78, 5) is 23.6. The normalized spacial score (nSPS) is 21.1. The third-order valence-corrected chi connectivity index (χ3v) is 3.83. The summed E-state index contributed by atoms with van der Waals surface area (Å²) in [6.07, 6.45) is 2.26. The summed E-state index contributed by atoms with van der Waals surface area (Å²) in [6.45, 7) is 4.22. The van der Waals surface area contributed by atoms with Gasteiger partial charge in [0.25, 0.3) is 0 Å². The Bertz CT molecular complexity index is 522. The van der Waals surface area contributed by atoms with E-state index >= 15 is 0 Å². The van der Waals surface area contributed by atoms with Crippen LogP contribution >= 0.6 is 0 Å². The number of aliphatic hydroxyl groups is 1. The fraction of sp³-hybridized carbons (Fsp3) is 0.500. The first-order valence-electron chi connectivity index (χ1n) is 7.31. The topological polar surface area (TPSA) is 78.4 Å². The second kappa shape index (κ2) is 6.72. The Balaban J connectivity index is 1.86. The highest BCUT2D eigenvalue weighted by Crippen LogP contribution is 2.24. The van der Waals surface area contributed by atoms with Gasteiger partial charge in [0, 0.05) is 18.2 Å². The zero-order chi connectivity index (χ0) is 15.4. The van der Waals surface area contributed by atoms with Crippen molar-refractivity contribution in [3.05, 3.63) is 29.3 Å². The molecule has 3 N–H and O–H groups in total. The van der Waals surface area contributed by atoms with Gasteiger partial charge in [-0.25, -0.2) is 0 Å². The molecule has 0 aliphatic heterocycles. The van der Waals surface area contributed by atoms with Gasteiger partial charge in [-0.2, -0.15) is 0 Å². The van der Waals surface area contributed by atoms with E-state index in [2.05, 4.69) is 10.6 Å². The van der Waals surface area contributed by atoms with Crippen molar-refractivity contribution in [3.8, 4) is 0 Å². The van der Waals surface area contributed by atoms with Gasteiger partial charge in [-0.15, -0.1) is 0 Å². The first-order valence-corrected chi connectivity index (χ1v) is 7.31. The molecule has 2 unspecified atom stereocenters. The first-order chi connectivity index (χ1) is 9.95. The maximum atomic E-state index is 11.8. The number of carbonyl (C=O) groups is 2. The number of aliphatic hydroxyl groups excluding tert-OH is 1. The van der Waals surface area contributed by atoms with Crippen molar-refractivity contribution in [1.29, 1.82) is 0 Å². The van der Waals surface area contributed by atoms with Crippen molar-refractivity contribution in [1.82, 2.24) is 5.32 Å². The monoisotopic (exact) mass is 290 g/mol. The fourth-order valence-electron chi connectivity index (χ4n) is 2.79. The van der Waals surface area contributed by atoms with Crippen molar-refractivity contribution in [2.24, 2.45) is 5.92 Å². The van der Waals surface area contributed by atoms with Crippen LogP contribution in [0.1, 0.15) is 30.4 Å². The van der Waals surface area contributed by atoms with Gasteiger partial charge in [0.05, 0.1) is 6.10 Å². The standard InChI is InChI=1S/C16H22N2O3/c1-10-6-11(2)8-13(7-10)18-16(21)15(20)17-9-12-4-3-5-14(12)19/h6-8,12,14,19H,3-5,9H2,1-2H3,(H,17,20)(H,18,21). The average Bonchev–Trinajstić information content (AvgIpc) is 2.80. The van der Waals surface area contributed by atoms with Crippen LogP contribution in [-0.4, -0.2) is 29.6 Å². The van der Waals surface area contributed by atoms with E-state index in [1.807, 2.05) is 32.0 Å². The van der Waals surface area contributed by atoms with Crippen molar-refractivity contribution in [2.75, 3.05) is 11.9 Å². The first kappa shape index (κ1) is 15.5. The van der Waals surface area contributed by atoms with E-state index in [1.165, 1.54) is 0 Å². The van der Waals surface area contributed by atoms with Crippen molar-refractivity contribution >= 4 is 17.5 Å². The van der Waals surface area contributed by atoms with E-state index in [0.29, 0.717) is 12.2 Å². The number of anilines is 1. The highest BCUT2D eigenvalue weighted by molar-refractivity contribution is 6.39. The highest BCUT2D eigenvalue weighted by Gasteiger charge is 2.26. The molecule has 21 heavy (non-hydrogen) atoms. The Hall–Kier alpha value is -1.88. The maximum Gasteiger partial charge on any atom is 0.313 e. The van der Waals surface area contributed by atoms with Gasteiger partial charge < -0.3 is 15.7 Å². The third kappa shape index (κ3) is 4.29. The molecule has 5 heteroatoms. The molecule has 0 bridgehead atoms. The van der Waals surface area contributed by atoms with Gasteiger partial charge in [-0.1, -0.05) is 12.5 Å². The lowest BCUT2D eigenvalue weighted by atomic mass is 10.1. The number of carbonyl (C=O) groups excluding carboxylic acids is 2. The number of hydrogen-bond donors (Lipinski definition) is 3. The molecule has 2 atom stereocenters. The minimum absolute atomic E-state index is 0.0583. The molecule has 2 amide bonds. The molecule has 0 spiro atoms. The molecular formula is C16H22N2O3. The van der Waals surface area contributed by atoms with Crippen LogP contribution in [0.4, 0.5) is 5.69 Å². The van der Waals surface area contributed by atoms with Crippen molar-refractivity contribution < 1.29 is 14.7 Å². The van der Waals surface area contributed by atoms with Crippen LogP contribution in [-0.2, 0) is 9.59 Å². The number of amides is 2. The van der Waals surface area contributed by atoms with E-state index in [4.69, 9.17) is 0 Å². The second-order valence-corrected chi connectivity index (χ2v) is 5.80. The maximum absolute atomic E-state index is 11.8. The third-order valence-electron chi connectivity index (χ3n) is 3.83. The lowest BCUT2D eigenvalue weighted by Crippen LogP contribution is -2.39. The molecular weight excluding hydrogens is 268 g/mol. The average molecular weight is 290 g/mol. The Morgan fingerprint density at radius 3 is 2.38 bits per heavy atom. The summed E-state index contributed by atoms with van der Waals surface area (Å²) < 4.78 is 0. The molecule has 0 saturated heterocycles. The minimum Gasteiger partial charge on any atom is -0.393 e. The van der Waals surface area contributed by atoms with Crippen LogP contribution in [0.25, 0.3) is 0 Å². The molecule has 114 valence electrons. The molecule has 2 rings (SSSR count). The summed E-state index contributed by atoms with van der Waals surface area (Å²) in [5, 5.41) is 14.9. The van der Waals surface area contributed by atoms with Crippen LogP contribution in [0.2, 0.25) is 0 Å². The second-order valence-electron chi connectivity index (χ2n) is 5.80. The van der Waals surface area contributed by atoms with Gasteiger partial charge >= 0.3 is 11.8 Å². The Morgan fingerprint density at radius 1 is 1.14 bits per heavy atom. The fourth-order valence-corrected chi connectivity index (χ4v) is 2.79. The van der Waals surface area contributed by atoms with Crippen LogP contribution in [0.3, 0.4) is 0 Å². The van der Waals surface area contributed by atoms with E-state index in [1.54, 1.807) is 0 Å². The summed E-state index contributed by atoms with van der Waals surface area (Å²) >= 11 is 0. The summed E-state index contributed by atoms with van der Waals surface area (Å²) in [5.41, 5.74) is 2.67. The SMILES string of the molecule is Cc1cc(C)cc(NC(=O)C(=O)NCC2CCCC2O)c1. The van der Waals surface area contributed by atoms with Gasteiger partial charge in [0.1, 0.15) is 0 Å². The van der Waals surface area contributed by atoms with Crippen LogP contribution in [0.15, 0.2) is 18.2 Å². The molecule has 0 aromatic heterocycles. The van der Waals surface area contributed by atoms with E-state index in [0.717, 1.165) is 30.4 Å². The van der Waals surface area contributed by atoms with E-state index < -0.39 is 11.8 Å². The highest BCUT2D eigenvalue weighted by atomic mass is 16.3. The number of benzene rings is 1. The number of hydrogen-bond acceptors (Lipinski definition) is 3. The van der Waals surface area contributed by atoms with E-state index in [-0.39, 0.29) is 12.0 Å². The van der Waals surface area contributed by atoms with Gasteiger partial charge in [0.2, 0.25) is 0 Å². The Morgan fingerprint density at radius 2 is 1.81 bits per heavy atom. The molecule has 1 fully saturated rings. The molecule has 1 aromatic carbocycles. The summed E-state index contributed by atoms with van der Waals surface area (Å²) in [5.74, 6) is -1.27. The zero-order valence-corrected chi connectivity index (χ0v) is 12.5. The summed E-state index contributed by atoms with van der Waals surface area (Å²) in [7, 11) is 0. The number of nitrogens with one attached hydrogen (secondary N) is 2. The van der Waals surface area contributed by atoms with Crippen LogP contribution < -0.4 is 10.6 Å². The largest absolute Gasteiger partial charge is 0.393 e. The zero-order valence-electron chi connectivity index (χ0n) is 12.5. The van der Waals surface area contributed by atoms with Crippen LogP contribution in [0.5, 0.6) is 0 Å². The Labute approximate surface area is 124 Å². The van der Waals surface area contributed by atoms with Gasteiger partial charge in [-0.3, -0.25) is 9.59 Å². The minimum atomic E-state index is -0.674. The molecule has 1 aliphatic carbocycles. The van der Waals surface area contributed by atoms with Crippen molar-refractivity contribution in [2.45, 2.75) is 39.2 Å². The predicted octanol–water partition coefficient (Wildman–Crippen LogP) is 1.52. The number of aryl methyl sites for hydroxylation is 2. The van der Waals surface area contributed by atoms with Gasteiger partial charge in [-0.05, 0) is 49.9 Å². The van der Waals surface area contributed by atoms with Crippen LogP contribution in [0, 0.1) is 19.8 Å². The Kier molecular flexibility index (Phi) is 4.96. The molecule has 0 radical (unpaired) electrons. The predicted molar refractivity (Wildman–Crippen MR) is 80.9 cm³/mol. The number of rotatable bonds is 3. The quantitative estimate of drug-likeness (QED) is 0.739.